The number of halogens is 1. The molecule has 0 atom stereocenters. The van der Waals surface area contributed by atoms with E-state index in [0.717, 1.165) is 26.3 Å². The van der Waals surface area contributed by atoms with Crippen LogP contribution in [0.25, 0.3) is 0 Å². The van der Waals surface area contributed by atoms with Crippen molar-refractivity contribution in [2.24, 2.45) is 5.73 Å². The summed E-state index contributed by atoms with van der Waals surface area (Å²) in [5.74, 6) is -0.182. The number of carbonyl (C=O) groups excluding carboxylic acids is 1. The second kappa shape index (κ2) is 6.47. The highest BCUT2D eigenvalue weighted by molar-refractivity contribution is 9.10. The number of amides is 1. The number of aromatic nitrogens is 1. The van der Waals surface area contributed by atoms with Gasteiger partial charge in [-0.25, -0.2) is 4.98 Å². The zero-order valence-corrected chi connectivity index (χ0v) is 13.8. The van der Waals surface area contributed by atoms with Crippen LogP contribution in [0.4, 0.5) is 5.69 Å². The highest BCUT2D eigenvalue weighted by Crippen LogP contribution is 2.25. The Morgan fingerprint density at radius 2 is 2.05 bits per heavy atom. The Balaban J connectivity index is 2.19. The third-order valence-electron chi connectivity index (χ3n) is 2.88. The van der Waals surface area contributed by atoms with Gasteiger partial charge in [0.2, 0.25) is 0 Å². The molecule has 0 aliphatic heterocycles. The van der Waals surface area contributed by atoms with Crippen molar-refractivity contribution >= 4 is 38.9 Å². The van der Waals surface area contributed by atoms with E-state index in [2.05, 4.69) is 26.2 Å². The average molecular weight is 354 g/mol. The quantitative estimate of drug-likeness (QED) is 0.886. The standard InChI is InChI=1S/C14H16BrN3OS/c1-8-5-10(15)6-9(2)13(8)18-14(19)11-7-20-12(17-11)3-4-16/h5-7H,3-4,16H2,1-2H3,(H,18,19). The number of rotatable bonds is 4. The number of nitrogens with zero attached hydrogens (tertiary/aromatic N) is 1. The molecule has 0 saturated heterocycles. The molecule has 0 saturated carbocycles. The number of aryl methyl sites for hydroxylation is 2. The van der Waals surface area contributed by atoms with Crippen LogP contribution in [-0.2, 0) is 6.42 Å². The SMILES string of the molecule is Cc1cc(Br)cc(C)c1NC(=O)c1csc(CCN)n1. The normalized spacial score (nSPS) is 10.6. The first kappa shape index (κ1) is 15.2. The largest absolute Gasteiger partial charge is 0.330 e. The second-order valence-electron chi connectivity index (χ2n) is 4.53. The van der Waals surface area contributed by atoms with Crippen molar-refractivity contribution in [1.82, 2.24) is 4.98 Å². The number of hydrogen-bond acceptors (Lipinski definition) is 4. The van der Waals surface area contributed by atoms with Gasteiger partial charge in [-0.05, 0) is 43.7 Å². The van der Waals surface area contributed by atoms with Crippen molar-refractivity contribution in [2.75, 3.05) is 11.9 Å². The molecular weight excluding hydrogens is 338 g/mol. The second-order valence-corrected chi connectivity index (χ2v) is 6.39. The van der Waals surface area contributed by atoms with Gasteiger partial charge in [0.25, 0.3) is 5.91 Å². The van der Waals surface area contributed by atoms with Crippen LogP contribution in [0, 0.1) is 13.8 Å². The van der Waals surface area contributed by atoms with Gasteiger partial charge in [0.1, 0.15) is 5.69 Å². The predicted molar refractivity (Wildman–Crippen MR) is 86.4 cm³/mol. The molecule has 0 fully saturated rings. The maximum atomic E-state index is 12.2. The number of nitrogens with one attached hydrogen (secondary N) is 1. The molecule has 0 radical (unpaired) electrons. The van der Waals surface area contributed by atoms with E-state index in [-0.39, 0.29) is 5.91 Å². The summed E-state index contributed by atoms with van der Waals surface area (Å²) in [7, 11) is 0. The van der Waals surface area contributed by atoms with Crippen LogP contribution in [-0.4, -0.2) is 17.4 Å². The van der Waals surface area contributed by atoms with Crippen molar-refractivity contribution < 1.29 is 4.79 Å². The molecule has 4 nitrogen and oxygen atoms in total. The summed E-state index contributed by atoms with van der Waals surface area (Å²) in [6, 6.07) is 3.95. The van der Waals surface area contributed by atoms with Gasteiger partial charge in [0.15, 0.2) is 0 Å². The van der Waals surface area contributed by atoms with Crippen molar-refractivity contribution in [1.29, 1.82) is 0 Å². The maximum Gasteiger partial charge on any atom is 0.275 e. The molecule has 3 N–H and O–H groups in total. The molecule has 1 aromatic carbocycles. The first-order valence-corrected chi connectivity index (χ1v) is 7.91. The minimum atomic E-state index is -0.182. The third-order valence-corrected chi connectivity index (χ3v) is 4.25. The molecule has 1 aromatic heterocycles. The zero-order chi connectivity index (χ0) is 14.7. The number of anilines is 1. The number of carbonyl (C=O) groups is 1. The maximum absolute atomic E-state index is 12.2. The fraction of sp³-hybridized carbons (Fsp3) is 0.286. The van der Waals surface area contributed by atoms with E-state index in [1.165, 1.54) is 11.3 Å². The number of thiazole rings is 1. The van der Waals surface area contributed by atoms with Crippen molar-refractivity contribution in [3.8, 4) is 0 Å². The lowest BCUT2D eigenvalue weighted by atomic mass is 10.1. The molecule has 0 spiro atoms. The molecule has 1 heterocycles. The Morgan fingerprint density at radius 1 is 1.40 bits per heavy atom. The molecule has 0 aliphatic carbocycles. The lowest BCUT2D eigenvalue weighted by Gasteiger charge is -2.11. The minimum absolute atomic E-state index is 0.182. The highest BCUT2D eigenvalue weighted by Gasteiger charge is 2.13. The third kappa shape index (κ3) is 3.45. The van der Waals surface area contributed by atoms with E-state index in [0.29, 0.717) is 18.7 Å². The van der Waals surface area contributed by atoms with Gasteiger partial charge in [-0.15, -0.1) is 11.3 Å². The van der Waals surface area contributed by atoms with Gasteiger partial charge in [-0.3, -0.25) is 4.79 Å². The topological polar surface area (TPSA) is 68.0 Å². The molecule has 2 aromatic rings. The molecule has 106 valence electrons. The van der Waals surface area contributed by atoms with Crippen LogP contribution in [0.15, 0.2) is 22.0 Å². The van der Waals surface area contributed by atoms with E-state index in [9.17, 15) is 4.79 Å². The van der Waals surface area contributed by atoms with Crippen LogP contribution in [0.2, 0.25) is 0 Å². The van der Waals surface area contributed by atoms with Crippen LogP contribution >= 0.6 is 27.3 Å². The lowest BCUT2D eigenvalue weighted by Crippen LogP contribution is -2.14. The average Bonchev–Trinajstić information content (AvgIpc) is 2.82. The molecule has 1 amide bonds. The van der Waals surface area contributed by atoms with Crippen LogP contribution in [0.1, 0.15) is 26.6 Å². The molecule has 0 bridgehead atoms. The van der Waals surface area contributed by atoms with Crippen LogP contribution < -0.4 is 11.1 Å². The fourth-order valence-corrected chi connectivity index (χ4v) is 3.42. The summed E-state index contributed by atoms with van der Waals surface area (Å²) in [4.78, 5) is 16.5. The van der Waals surface area contributed by atoms with E-state index in [1.54, 1.807) is 5.38 Å². The smallest absolute Gasteiger partial charge is 0.275 e. The minimum Gasteiger partial charge on any atom is -0.330 e. The lowest BCUT2D eigenvalue weighted by molar-refractivity contribution is 0.102. The molecule has 20 heavy (non-hydrogen) atoms. The molecule has 0 unspecified atom stereocenters. The van der Waals surface area contributed by atoms with Gasteiger partial charge in [0, 0.05) is 22.0 Å². The van der Waals surface area contributed by atoms with E-state index < -0.39 is 0 Å². The Hall–Kier alpha value is -1.24. The van der Waals surface area contributed by atoms with Gasteiger partial charge >= 0.3 is 0 Å². The number of benzene rings is 1. The van der Waals surface area contributed by atoms with E-state index in [4.69, 9.17) is 5.73 Å². The van der Waals surface area contributed by atoms with Gasteiger partial charge in [-0.1, -0.05) is 15.9 Å². The van der Waals surface area contributed by atoms with Gasteiger partial charge in [0.05, 0.1) is 5.01 Å². The van der Waals surface area contributed by atoms with Gasteiger partial charge < -0.3 is 11.1 Å². The molecule has 2 rings (SSSR count). The van der Waals surface area contributed by atoms with Crippen molar-refractivity contribution in [3.05, 3.63) is 43.8 Å². The fourth-order valence-electron chi connectivity index (χ4n) is 1.94. The van der Waals surface area contributed by atoms with Crippen molar-refractivity contribution in [3.63, 3.8) is 0 Å². The Kier molecular flexibility index (Phi) is 4.91. The van der Waals surface area contributed by atoms with Crippen molar-refractivity contribution in [2.45, 2.75) is 20.3 Å². The summed E-state index contributed by atoms with van der Waals surface area (Å²) in [5, 5.41) is 5.59. The predicted octanol–water partition coefficient (Wildman–Crippen LogP) is 3.28. The van der Waals surface area contributed by atoms with Crippen LogP contribution in [0.5, 0.6) is 0 Å². The number of hydrogen-bond donors (Lipinski definition) is 2. The highest BCUT2D eigenvalue weighted by atomic mass is 79.9. The Bertz CT molecular complexity index is 616. The van der Waals surface area contributed by atoms with E-state index in [1.807, 2.05) is 26.0 Å². The summed E-state index contributed by atoms with van der Waals surface area (Å²) in [5.41, 5.74) is 8.80. The zero-order valence-electron chi connectivity index (χ0n) is 11.4. The summed E-state index contributed by atoms with van der Waals surface area (Å²) < 4.78 is 1.00. The number of nitrogens with two attached hydrogens (primary N) is 1. The van der Waals surface area contributed by atoms with Crippen LogP contribution in [0.3, 0.4) is 0 Å². The molecule has 6 heteroatoms. The monoisotopic (exact) mass is 353 g/mol. The summed E-state index contributed by atoms with van der Waals surface area (Å²) in [6.07, 6.45) is 0.703. The summed E-state index contributed by atoms with van der Waals surface area (Å²) >= 11 is 4.91. The first-order chi connectivity index (χ1) is 9.51. The van der Waals surface area contributed by atoms with E-state index >= 15 is 0 Å². The molecular formula is C14H16BrN3OS. The molecule has 0 aliphatic rings. The first-order valence-electron chi connectivity index (χ1n) is 6.24. The van der Waals surface area contributed by atoms with Gasteiger partial charge in [-0.2, -0.15) is 0 Å². The Labute approximate surface area is 130 Å². The summed E-state index contributed by atoms with van der Waals surface area (Å²) in [6.45, 7) is 4.47. The Morgan fingerprint density at radius 3 is 2.65 bits per heavy atom.